The second-order valence-electron chi connectivity index (χ2n) is 9.45. The molecule has 2 N–H and O–H groups in total. The fraction of sp³-hybridized carbons (Fsp3) is 0.333. The van der Waals surface area contributed by atoms with Crippen molar-refractivity contribution in [2.24, 2.45) is 0 Å². The molecular formula is C30H36ClN3O2S. The molecule has 4 rings (SSSR count). The lowest BCUT2D eigenvalue weighted by atomic mass is 9.96. The molecule has 1 heterocycles. The molecule has 2 amide bonds. The number of benzene rings is 3. The van der Waals surface area contributed by atoms with E-state index in [2.05, 4.69) is 47.7 Å². The highest BCUT2D eigenvalue weighted by Gasteiger charge is 2.23. The summed E-state index contributed by atoms with van der Waals surface area (Å²) in [5.74, 6) is -0.180. The molecule has 1 aliphatic rings. The number of unbranched alkanes of at least 4 members (excludes halogenated alkanes) is 3. The van der Waals surface area contributed by atoms with Gasteiger partial charge in [0.2, 0.25) is 5.91 Å². The monoisotopic (exact) mass is 537 g/mol. The third-order valence-electron chi connectivity index (χ3n) is 6.45. The first-order valence-electron chi connectivity index (χ1n) is 12.7. The van der Waals surface area contributed by atoms with E-state index < -0.39 is 0 Å². The van der Waals surface area contributed by atoms with Crippen LogP contribution < -0.4 is 10.6 Å². The van der Waals surface area contributed by atoms with Gasteiger partial charge in [0.05, 0.1) is 10.9 Å². The van der Waals surface area contributed by atoms with E-state index in [1.807, 2.05) is 55.5 Å². The lowest BCUT2D eigenvalue weighted by Crippen LogP contribution is -2.26. The third kappa shape index (κ3) is 7.60. The molecule has 0 bridgehead atoms. The Morgan fingerprint density at radius 2 is 1.81 bits per heavy atom. The van der Waals surface area contributed by atoms with Gasteiger partial charge in [-0.25, -0.2) is 0 Å². The minimum absolute atomic E-state index is 0. The maximum absolute atomic E-state index is 13.2. The van der Waals surface area contributed by atoms with Crippen molar-refractivity contribution in [2.75, 3.05) is 24.2 Å². The molecule has 196 valence electrons. The van der Waals surface area contributed by atoms with E-state index in [0.717, 1.165) is 40.4 Å². The predicted molar refractivity (Wildman–Crippen MR) is 158 cm³/mol. The number of fused-ring (bicyclic) bond motifs is 1. The van der Waals surface area contributed by atoms with Gasteiger partial charge in [0.15, 0.2) is 0 Å². The Hall–Kier alpha value is -2.80. The Labute approximate surface area is 230 Å². The van der Waals surface area contributed by atoms with Crippen LogP contribution >= 0.6 is 24.2 Å². The average molecular weight is 538 g/mol. The van der Waals surface area contributed by atoms with E-state index >= 15 is 0 Å². The summed E-state index contributed by atoms with van der Waals surface area (Å²) in [6.07, 6.45) is 4.92. The highest BCUT2D eigenvalue weighted by atomic mass is 35.5. The van der Waals surface area contributed by atoms with Crippen LogP contribution in [0.5, 0.6) is 0 Å². The topological polar surface area (TPSA) is 61.4 Å². The Kier molecular flexibility index (Phi) is 10.6. The van der Waals surface area contributed by atoms with Gasteiger partial charge in [-0.05, 0) is 74.0 Å². The molecule has 0 spiro atoms. The summed E-state index contributed by atoms with van der Waals surface area (Å²) in [5, 5.41) is 5.82. The van der Waals surface area contributed by atoms with Gasteiger partial charge in [0.1, 0.15) is 0 Å². The number of hydrogen-bond acceptors (Lipinski definition) is 4. The molecular weight excluding hydrogens is 502 g/mol. The van der Waals surface area contributed by atoms with Crippen LogP contribution in [0.2, 0.25) is 0 Å². The lowest BCUT2D eigenvalue weighted by molar-refractivity contribution is -0.115. The number of carbonyl (C=O) groups excluding carboxylic acids is 2. The largest absolute Gasteiger partial charge is 0.324 e. The van der Waals surface area contributed by atoms with Gasteiger partial charge in [-0.1, -0.05) is 62.6 Å². The van der Waals surface area contributed by atoms with Crippen LogP contribution in [-0.4, -0.2) is 35.6 Å². The second-order valence-corrected chi connectivity index (χ2v) is 10.8. The molecule has 0 aromatic heterocycles. The summed E-state index contributed by atoms with van der Waals surface area (Å²) in [5.41, 5.74) is 5.46. The van der Waals surface area contributed by atoms with E-state index in [1.165, 1.54) is 37.4 Å². The van der Waals surface area contributed by atoms with Crippen LogP contribution in [0.1, 0.15) is 55.5 Å². The Morgan fingerprint density at radius 3 is 2.57 bits per heavy atom. The van der Waals surface area contributed by atoms with Gasteiger partial charge in [-0.15, -0.1) is 24.2 Å². The number of nitrogens with zero attached hydrogens (tertiary/aromatic N) is 1. The maximum Gasteiger partial charge on any atom is 0.255 e. The molecule has 1 unspecified atom stereocenters. The summed E-state index contributed by atoms with van der Waals surface area (Å²) in [6.45, 7) is 5.92. The normalized spacial score (nSPS) is 14.5. The van der Waals surface area contributed by atoms with Crippen LogP contribution in [0.15, 0.2) is 71.6 Å². The van der Waals surface area contributed by atoms with Crippen molar-refractivity contribution >= 4 is 47.4 Å². The SMILES string of the molecule is CCCCCCN(C)Cc1cc(C(=O)Nc2ccc3c(c2)NC(=O)C(C)S3)ccc1-c1ccccc1.Cl. The first-order valence-corrected chi connectivity index (χ1v) is 13.6. The highest BCUT2D eigenvalue weighted by Crippen LogP contribution is 2.37. The molecule has 0 aliphatic carbocycles. The van der Waals surface area contributed by atoms with Gasteiger partial charge >= 0.3 is 0 Å². The number of thioether (sulfide) groups is 1. The molecule has 5 nitrogen and oxygen atoms in total. The molecule has 3 aromatic rings. The number of amides is 2. The summed E-state index contributed by atoms with van der Waals surface area (Å²) >= 11 is 1.53. The first-order chi connectivity index (χ1) is 17.4. The zero-order valence-corrected chi connectivity index (χ0v) is 23.4. The van der Waals surface area contributed by atoms with Gasteiger partial charge in [-0.2, -0.15) is 0 Å². The van der Waals surface area contributed by atoms with E-state index in [0.29, 0.717) is 11.3 Å². The van der Waals surface area contributed by atoms with Gasteiger partial charge in [0.25, 0.3) is 5.91 Å². The summed E-state index contributed by atoms with van der Waals surface area (Å²) in [7, 11) is 2.15. The van der Waals surface area contributed by atoms with Crippen molar-refractivity contribution in [2.45, 2.75) is 56.2 Å². The lowest BCUT2D eigenvalue weighted by Gasteiger charge is -2.22. The van der Waals surface area contributed by atoms with Crippen LogP contribution in [0.4, 0.5) is 11.4 Å². The molecule has 7 heteroatoms. The van der Waals surface area contributed by atoms with Gasteiger partial charge < -0.3 is 15.5 Å². The molecule has 3 aromatic carbocycles. The molecule has 1 atom stereocenters. The van der Waals surface area contributed by atoms with Crippen LogP contribution in [0.3, 0.4) is 0 Å². The number of carbonyl (C=O) groups is 2. The van der Waals surface area contributed by atoms with E-state index in [4.69, 9.17) is 0 Å². The van der Waals surface area contributed by atoms with Crippen LogP contribution in [-0.2, 0) is 11.3 Å². The van der Waals surface area contributed by atoms with E-state index in [9.17, 15) is 9.59 Å². The van der Waals surface area contributed by atoms with Crippen LogP contribution in [0.25, 0.3) is 11.1 Å². The Balaban J connectivity index is 0.00000380. The molecule has 0 saturated carbocycles. The second kappa shape index (κ2) is 13.7. The number of anilines is 2. The Bertz CT molecular complexity index is 1220. The number of halogens is 1. The fourth-order valence-corrected chi connectivity index (χ4v) is 5.36. The number of nitrogens with one attached hydrogen (secondary N) is 2. The van der Waals surface area contributed by atoms with E-state index in [-0.39, 0.29) is 29.5 Å². The summed E-state index contributed by atoms with van der Waals surface area (Å²) in [4.78, 5) is 28.6. The van der Waals surface area contributed by atoms with Crippen molar-refractivity contribution in [1.82, 2.24) is 4.90 Å². The molecule has 0 radical (unpaired) electrons. The predicted octanol–water partition coefficient (Wildman–Crippen LogP) is 7.47. The third-order valence-corrected chi connectivity index (χ3v) is 7.63. The number of hydrogen-bond donors (Lipinski definition) is 2. The zero-order valence-electron chi connectivity index (χ0n) is 21.8. The highest BCUT2D eigenvalue weighted by molar-refractivity contribution is 8.00. The average Bonchev–Trinajstić information content (AvgIpc) is 2.88. The molecule has 0 saturated heterocycles. The Morgan fingerprint density at radius 1 is 1.03 bits per heavy atom. The summed E-state index contributed by atoms with van der Waals surface area (Å²) < 4.78 is 0. The quantitative estimate of drug-likeness (QED) is 0.263. The van der Waals surface area contributed by atoms with Crippen molar-refractivity contribution in [3.8, 4) is 11.1 Å². The first kappa shape index (κ1) is 28.8. The van der Waals surface area contributed by atoms with E-state index in [1.54, 1.807) is 0 Å². The van der Waals surface area contributed by atoms with Crippen molar-refractivity contribution in [1.29, 1.82) is 0 Å². The minimum Gasteiger partial charge on any atom is -0.324 e. The standard InChI is InChI=1S/C30H35N3O2S.ClH/c1-4-5-6-10-17-33(3)20-24-18-23(13-15-26(24)22-11-8-7-9-12-22)30(35)31-25-14-16-28-27(19-25)32-29(34)21(2)36-28;/h7-9,11-16,18-19,21H,4-6,10,17,20H2,1-3H3,(H,31,35)(H,32,34);1H. The minimum atomic E-state index is -0.162. The molecule has 37 heavy (non-hydrogen) atoms. The molecule has 1 aliphatic heterocycles. The van der Waals surface area contributed by atoms with Crippen molar-refractivity contribution < 1.29 is 9.59 Å². The fourth-order valence-electron chi connectivity index (χ4n) is 4.43. The molecule has 0 fully saturated rings. The smallest absolute Gasteiger partial charge is 0.255 e. The van der Waals surface area contributed by atoms with Crippen molar-refractivity contribution in [3.05, 3.63) is 77.9 Å². The van der Waals surface area contributed by atoms with Gasteiger partial charge in [-0.3, -0.25) is 9.59 Å². The zero-order chi connectivity index (χ0) is 25.5. The summed E-state index contributed by atoms with van der Waals surface area (Å²) in [6, 6.07) is 21.9. The number of rotatable bonds is 10. The van der Waals surface area contributed by atoms with Crippen molar-refractivity contribution in [3.63, 3.8) is 0 Å². The van der Waals surface area contributed by atoms with Gasteiger partial charge in [0, 0.05) is 22.7 Å². The maximum atomic E-state index is 13.2. The van der Waals surface area contributed by atoms with Crippen LogP contribution in [0, 0.1) is 0 Å².